The first-order valence-corrected chi connectivity index (χ1v) is 8.90. The number of carboxylic acids is 1. The van der Waals surface area contributed by atoms with Crippen molar-refractivity contribution < 1.29 is 19.4 Å². The minimum atomic E-state index is -1.12. The van der Waals surface area contributed by atoms with Gasteiger partial charge in [-0.15, -0.1) is 0 Å². The van der Waals surface area contributed by atoms with Crippen LogP contribution in [0.3, 0.4) is 0 Å². The fraction of sp³-hybridized carbons (Fsp3) is 0.353. The van der Waals surface area contributed by atoms with Crippen LogP contribution in [0.5, 0.6) is 5.75 Å². The molecule has 1 amide bonds. The van der Waals surface area contributed by atoms with Gasteiger partial charge in [0, 0.05) is 12.7 Å². The number of carboxylic acid groups (broad SMARTS) is 1. The smallest absolute Gasteiger partial charge is 0.326 e. The predicted molar refractivity (Wildman–Crippen MR) is 96.1 cm³/mol. The summed E-state index contributed by atoms with van der Waals surface area (Å²) in [6.07, 6.45) is 3.43. The Hall–Kier alpha value is -2.66. The van der Waals surface area contributed by atoms with Gasteiger partial charge in [0.2, 0.25) is 0 Å². The lowest BCUT2D eigenvalue weighted by molar-refractivity contribution is -0.141. The van der Waals surface area contributed by atoms with Crippen molar-refractivity contribution >= 4 is 23.6 Å². The van der Waals surface area contributed by atoms with Gasteiger partial charge in [-0.1, -0.05) is 12.1 Å². The van der Waals surface area contributed by atoms with Gasteiger partial charge in [-0.25, -0.2) is 4.79 Å². The molecule has 0 heterocycles. The Balaban J connectivity index is 2.62. The van der Waals surface area contributed by atoms with Crippen molar-refractivity contribution in [2.75, 3.05) is 19.1 Å². The second-order valence-corrected chi connectivity index (χ2v) is 6.03. The zero-order valence-corrected chi connectivity index (χ0v) is 14.9. The Morgan fingerprint density at radius 3 is 2.60 bits per heavy atom. The van der Waals surface area contributed by atoms with Gasteiger partial charge < -0.3 is 20.5 Å². The van der Waals surface area contributed by atoms with Gasteiger partial charge in [-0.2, -0.15) is 17.0 Å². The third-order valence-corrected chi connectivity index (χ3v) is 3.93. The molecule has 25 heavy (non-hydrogen) atoms. The monoisotopic (exact) mass is 363 g/mol. The fourth-order valence-electron chi connectivity index (χ4n) is 1.89. The van der Waals surface area contributed by atoms with Crippen molar-refractivity contribution in [3.05, 3.63) is 41.6 Å². The van der Waals surface area contributed by atoms with Crippen molar-refractivity contribution in [1.29, 1.82) is 5.26 Å². The number of thioether (sulfide) groups is 1. The van der Waals surface area contributed by atoms with E-state index in [1.807, 2.05) is 30.5 Å². The summed E-state index contributed by atoms with van der Waals surface area (Å²) < 4.78 is 5.07. The Kier molecular flexibility index (Phi) is 8.96. The van der Waals surface area contributed by atoms with Gasteiger partial charge >= 0.3 is 5.97 Å². The number of methoxy groups -OCH3 is 1. The summed E-state index contributed by atoms with van der Waals surface area (Å²) >= 11 is 1.49. The summed E-state index contributed by atoms with van der Waals surface area (Å²) in [4.78, 5) is 23.2. The van der Waals surface area contributed by atoms with Gasteiger partial charge in [-0.3, -0.25) is 4.79 Å². The van der Waals surface area contributed by atoms with Gasteiger partial charge in [0.15, 0.2) is 0 Å². The molecule has 134 valence electrons. The average molecular weight is 363 g/mol. The fourth-order valence-corrected chi connectivity index (χ4v) is 2.36. The highest BCUT2D eigenvalue weighted by Crippen LogP contribution is 2.11. The van der Waals surface area contributed by atoms with Crippen LogP contribution in [-0.4, -0.2) is 42.1 Å². The largest absolute Gasteiger partial charge is 0.497 e. The Morgan fingerprint density at radius 1 is 1.40 bits per heavy atom. The number of nitriles is 1. The Bertz CT molecular complexity index is 653. The number of aliphatic carboxylic acids is 1. The predicted octanol–water partition coefficient (Wildman–Crippen LogP) is 1.51. The molecule has 8 heteroatoms. The molecule has 1 atom stereocenters. The topological polar surface area (TPSA) is 111 Å². The normalized spacial score (nSPS) is 12.0. The molecule has 0 saturated carbocycles. The lowest BCUT2D eigenvalue weighted by Gasteiger charge is -2.13. The molecule has 3 N–H and O–H groups in total. The van der Waals surface area contributed by atoms with Gasteiger partial charge in [0.25, 0.3) is 5.91 Å². The summed E-state index contributed by atoms with van der Waals surface area (Å²) in [6.45, 7) is 0.414. The van der Waals surface area contributed by atoms with E-state index in [1.54, 1.807) is 13.2 Å². The van der Waals surface area contributed by atoms with E-state index in [9.17, 15) is 9.59 Å². The standard InChI is InChI=1S/C17H21N3O4S/c1-24-14-5-3-12(4-6-14)10-19-11-13(9-18)16(21)20-15(17(22)23)7-8-25-2/h3-6,11,15,19H,7-8,10H2,1-2H3,(H,20,21)(H,22,23)/b13-11-. The number of hydrogen-bond acceptors (Lipinski definition) is 6. The molecule has 7 nitrogen and oxygen atoms in total. The van der Waals surface area contributed by atoms with Crippen LogP contribution in [0.4, 0.5) is 0 Å². The molecule has 0 aliphatic carbocycles. The molecule has 1 rings (SSSR count). The van der Waals surface area contributed by atoms with Crippen molar-refractivity contribution in [3.63, 3.8) is 0 Å². The minimum absolute atomic E-state index is 0.177. The van der Waals surface area contributed by atoms with Gasteiger partial charge in [0.1, 0.15) is 23.4 Å². The van der Waals surface area contributed by atoms with E-state index >= 15 is 0 Å². The lowest BCUT2D eigenvalue weighted by atomic mass is 10.2. The first kappa shape index (κ1) is 20.4. The zero-order chi connectivity index (χ0) is 18.7. The minimum Gasteiger partial charge on any atom is -0.497 e. The van der Waals surface area contributed by atoms with E-state index in [0.717, 1.165) is 11.3 Å². The SMILES string of the molecule is COc1ccc(CN/C=C(/C#N)C(=O)NC(CCSC)C(=O)O)cc1. The van der Waals surface area contributed by atoms with Crippen LogP contribution in [0, 0.1) is 11.3 Å². The van der Waals surface area contributed by atoms with Crippen molar-refractivity contribution in [2.45, 2.75) is 19.0 Å². The first-order chi connectivity index (χ1) is 12.0. The van der Waals surface area contributed by atoms with E-state index < -0.39 is 17.9 Å². The molecule has 0 aliphatic rings. The third-order valence-electron chi connectivity index (χ3n) is 3.29. The number of benzene rings is 1. The molecular formula is C17H21N3O4S. The number of amides is 1. The second kappa shape index (κ2) is 11.0. The number of nitrogens with one attached hydrogen (secondary N) is 2. The molecule has 0 radical (unpaired) electrons. The van der Waals surface area contributed by atoms with E-state index in [-0.39, 0.29) is 5.57 Å². The van der Waals surface area contributed by atoms with E-state index in [0.29, 0.717) is 18.7 Å². The highest BCUT2D eigenvalue weighted by Gasteiger charge is 2.21. The molecule has 1 unspecified atom stereocenters. The molecule has 0 aromatic heterocycles. The van der Waals surface area contributed by atoms with Crippen LogP contribution in [0.25, 0.3) is 0 Å². The first-order valence-electron chi connectivity index (χ1n) is 7.51. The van der Waals surface area contributed by atoms with Crippen LogP contribution in [0.15, 0.2) is 36.0 Å². The molecule has 0 spiro atoms. The molecule has 1 aromatic carbocycles. The van der Waals surface area contributed by atoms with E-state index in [4.69, 9.17) is 15.1 Å². The number of rotatable bonds is 10. The molecule has 0 aliphatic heterocycles. The Morgan fingerprint density at radius 2 is 2.08 bits per heavy atom. The summed E-state index contributed by atoms with van der Waals surface area (Å²) in [5.41, 5.74) is 0.766. The molecule has 0 bridgehead atoms. The third kappa shape index (κ3) is 7.18. The summed E-state index contributed by atoms with van der Waals surface area (Å²) in [5.74, 6) is -0.496. The second-order valence-electron chi connectivity index (χ2n) is 5.04. The van der Waals surface area contributed by atoms with Crippen LogP contribution in [0.1, 0.15) is 12.0 Å². The van der Waals surface area contributed by atoms with Crippen LogP contribution in [-0.2, 0) is 16.1 Å². The maximum Gasteiger partial charge on any atom is 0.326 e. The van der Waals surface area contributed by atoms with Crippen LogP contribution in [0.2, 0.25) is 0 Å². The number of hydrogen-bond donors (Lipinski definition) is 3. The van der Waals surface area contributed by atoms with E-state index in [1.165, 1.54) is 18.0 Å². The summed E-state index contributed by atoms with van der Waals surface area (Å²) in [6, 6.07) is 8.09. The molecule has 0 saturated heterocycles. The molecule has 1 aromatic rings. The Labute approximate surface area is 151 Å². The quantitative estimate of drug-likeness (QED) is 0.427. The van der Waals surface area contributed by atoms with Crippen molar-refractivity contribution in [2.24, 2.45) is 0 Å². The number of nitrogens with zero attached hydrogens (tertiary/aromatic N) is 1. The maximum absolute atomic E-state index is 12.0. The number of carbonyl (C=O) groups is 2. The van der Waals surface area contributed by atoms with Gasteiger partial charge in [0.05, 0.1) is 7.11 Å². The average Bonchev–Trinajstić information content (AvgIpc) is 2.62. The van der Waals surface area contributed by atoms with Crippen molar-refractivity contribution in [3.8, 4) is 11.8 Å². The van der Waals surface area contributed by atoms with Crippen LogP contribution < -0.4 is 15.4 Å². The van der Waals surface area contributed by atoms with Crippen molar-refractivity contribution in [1.82, 2.24) is 10.6 Å². The van der Waals surface area contributed by atoms with Crippen LogP contribution >= 0.6 is 11.8 Å². The van der Waals surface area contributed by atoms with Gasteiger partial charge in [-0.05, 0) is 36.1 Å². The molecule has 0 fully saturated rings. The maximum atomic E-state index is 12.0. The number of carbonyl (C=O) groups excluding carboxylic acids is 1. The summed E-state index contributed by atoms with van der Waals surface area (Å²) in [7, 11) is 1.58. The number of ether oxygens (including phenoxy) is 1. The zero-order valence-electron chi connectivity index (χ0n) is 14.1. The highest BCUT2D eigenvalue weighted by molar-refractivity contribution is 7.98. The molecular weight excluding hydrogens is 342 g/mol. The van der Waals surface area contributed by atoms with E-state index in [2.05, 4.69) is 10.6 Å². The lowest BCUT2D eigenvalue weighted by Crippen LogP contribution is -2.41. The summed E-state index contributed by atoms with van der Waals surface area (Å²) in [5, 5.41) is 23.5. The highest BCUT2D eigenvalue weighted by atomic mass is 32.2.